The van der Waals surface area contributed by atoms with Crippen LogP contribution in [0.3, 0.4) is 0 Å². The molecule has 0 heterocycles. The van der Waals surface area contributed by atoms with Gasteiger partial charge in [-0.1, -0.05) is 57.5 Å². The lowest BCUT2D eigenvalue weighted by Crippen LogP contribution is -2.67. The molecule has 0 aromatic heterocycles. The average Bonchev–Trinajstić information content (AvgIpc) is 2.80. The summed E-state index contributed by atoms with van der Waals surface area (Å²) in [6, 6.07) is 13.5. The van der Waals surface area contributed by atoms with Gasteiger partial charge in [-0.15, -0.1) is 0 Å². The quantitative estimate of drug-likeness (QED) is 0.530. The Hall–Kier alpha value is -2.25. The third-order valence-electron chi connectivity index (χ3n) is 8.59. The highest BCUT2D eigenvalue weighted by Gasteiger charge is 2.58. The third-order valence-corrected chi connectivity index (χ3v) is 8.59. The summed E-state index contributed by atoms with van der Waals surface area (Å²) in [4.78, 5) is 0. The number of hydrogen-bond donors (Lipinski definition) is 1. The van der Waals surface area contributed by atoms with Crippen LogP contribution in [-0.2, 0) is 11.8 Å². The first-order valence-electron chi connectivity index (χ1n) is 12.3. The zero-order valence-electron chi connectivity index (χ0n) is 20.7. The maximum atomic E-state index is 14.6. The SMILES string of the molecule is CC1CCC2(C)c3c(F)ccc(F)c3CCC2(N)C1CC#N.CCC(C)c1ccc(C)cc1. The number of nitriles is 1. The van der Waals surface area contributed by atoms with Crippen LogP contribution in [0.5, 0.6) is 0 Å². The van der Waals surface area contributed by atoms with Gasteiger partial charge in [0.2, 0.25) is 0 Å². The van der Waals surface area contributed by atoms with E-state index in [4.69, 9.17) is 5.73 Å². The molecule has 2 aliphatic rings. The maximum Gasteiger partial charge on any atom is 0.127 e. The average molecular weight is 453 g/mol. The van der Waals surface area contributed by atoms with Crippen LogP contribution in [0.1, 0.15) is 88.0 Å². The molecule has 0 spiro atoms. The molecular formula is C29H38F2N2. The molecule has 0 radical (unpaired) electrons. The Bertz CT molecular complexity index is 1010. The molecule has 0 bridgehead atoms. The predicted molar refractivity (Wildman–Crippen MR) is 131 cm³/mol. The zero-order chi connectivity index (χ0) is 24.4. The first-order valence-corrected chi connectivity index (χ1v) is 12.3. The lowest BCUT2D eigenvalue weighted by atomic mass is 9.48. The smallest absolute Gasteiger partial charge is 0.127 e. The second kappa shape index (κ2) is 9.94. The van der Waals surface area contributed by atoms with Crippen molar-refractivity contribution >= 4 is 0 Å². The van der Waals surface area contributed by atoms with Gasteiger partial charge in [0.15, 0.2) is 0 Å². The number of nitrogens with zero attached hydrogens (tertiary/aromatic N) is 1. The van der Waals surface area contributed by atoms with Gasteiger partial charge in [-0.05, 0) is 80.0 Å². The van der Waals surface area contributed by atoms with Crippen LogP contribution in [0.15, 0.2) is 36.4 Å². The fourth-order valence-corrected chi connectivity index (χ4v) is 6.07. The molecule has 2 nitrogen and oxygen atoms in total. The van der Waals surface area contributed by atoms with Crippen molar-refractivity contribution in [3.8, 4) is 6.07 Å². The molecular weight excluding hydrogens is 414 g/mol. The summed E-state index contributed by atoms with van der Waals surface area (Å²) in [6.07, 6.45) is 4.27. The molecule has 0 saturated heterocycles. The number of halogens is 2. The van der Waals surface area contributed by atoms with Gasteiger partial charge in [0, 0.05) is 22.9 Å². The van der Waals surface area contributed by atoms with E-state index in [0.717, 1.165) is 12.8 Å². The van der Waals surface area contributed by atoms with Crippen LogP contribution in [0.2, 0.25) is 0 Å². The van der Waals surface area contributed by atoms with Crippen LogP contribution in [0, 0.1) is 41.7 Å². The predicted octanol–water partition coefficient (Wildman–Crippen LogP) is 7.33. The molecule has 0 aliphatic heterocycles. The molecule has 0 amide bonds. The Morgan fingerprint density at radius 1 is 1.12 bits per heavy atom. The molecule has 33 heavy (non-hydrogen) atoms. The Balaban J connectivity index is 0.000000235. The standard InChI is InChI=1S/C18H22F2N2.C11H16/c1-11-5-8-17(2)16-12(14(19)3-4-15(16)20)6-9-18(17,22)13(11)7-10-21;1-4-10(3)11-7-5-9(2)6-8-11/h3-4,11,13H,5-9,22H2,1-2H3;5-8,10H,4H2,1-3H3. The first-order chi connectivity index (χ1) is 15.6. The third kappa shape index (κ3) is 4.58. The number of nitrogens with two attached hydrogens (primary N) is 1. The highest BCUT2D eigenvalue weighted by molar-refractivity contribution is 5.44. The van der Waals surface area contributed by atoms with E-state index in [0.29, 0.717) is 42.2 Å². The van der Waals surface area contributed by atoms with Crippen LogP contribution < -0.4 is 5.73 Å². The van der Waals surface area contributed by atoms with Gasteiger partial charge in [0.05, 0.1) is 6.07 Å². The lowest BCUT2D eigenvalue weighted by Gasteiger charge is -2.59. The summed E-state index contributed by atoms with van der Waals surface area (Å²) >= 11 is 0. The lowest BCUT2D eigenvalue weighted by molar-refractivity contribution is 0.0298. The van der Waals surface area contributed by atoms with Gasteiger partial charge in [0.1, 0.15) is 11.6 Å². The van der Waals surface area contributed by atoms with Gasteiger partial charge in [-0.25, -0.2) is 8.78 Å². The van der Waals surface area contributed by atoms with Crippen LogP contribution in [0.4, 0.5) is 8.78 Å². The molecule has 4 rings (SSSR count). The van der Waals surface area contributed by atoms with Crippen LogP contribution in [-0.4, -0.2) is 5.54 Å². The monoisotopic (exact) mass is 452 g/mol. The van der Waals surface area contributed by atoms with Crippen LogP contribution in [0.25, 0.3) is 0 Å². The number of hydrogen-bond acceptors (Lipinski definition) is 2. The van der Waals surface area contributed by atoms with E-state index in [2.05, 4.69) is 58.0 Å². The Labute approximate surface area is 198 Å². The number of aryl methyl sites for hydroxylation is 1. The minimum atomic E-state index is -0.651. The number of fused-ring (bicyclic) bond motifs is 3. The highest BCUT2D eigenvalue weighted by atomic mass is 19.1. The van der Waals surface area contributed by atoms with Crippen molar-refractivity contribution in [3.63, 3.8) is 0 Å². The molecule has 2 aromatic carbocycles. The van der Waals surface area contributed by atoms with Gasteiger partial charge in [-0.2, -0.15) is 5.26 Å². The van der Waals surface area contributed by atoms with Crippen molar-refractivity contribution in [2.24, 2.45) is 17.6 Å². The summed E-state index contributed by atoms with van der Waals surface area (Å²) < 4.78 is 28.7. The van der Waals surface area contributed by atoms with Crippen molar-refractivity contribution in [1.82, 2.24) is 0 Å². The van der Waals surface area contributed by atoms with Crippen molar-refractivity contribution in [1.29, 1.82) is 5.26 Å². The Morgan fingerprint density at radius 3 is 2.36 bits per heavy atom. The van der Waals surface area contributed by atoms with Gasteiger partial charge >= 0.3 is 0 Å². The van der Waals surface area contributed by atoms with Crippen molar-refractivity contribution < 1.29 is 8.78 Å². The number of rotatable bonds is 3. The summed E-state index contributed by atoms with van der Waals surface area (Å²) in [5.74, 6) is 0.354. The number of benzene rings is 2. The summed E-state index contributed by atoms with van der Waals surface area (Å²) in [5, 5.41) is 9.18. The first kappa shape index (κ1) is 25.4. The molecule has 1 saturated carbocycles. The maximum absolute atomic E-state index is 14.6. The van der Waals surface area contributed by atoms with Gasteiger partial charge in [0.25, 0.3) is 0 Å². The molecule has 2 N–H and O–H groups in total. The van der Waals surface area contributed by atoms with E-state index >= 15 is 0 Å². The fourth-order valence-electron chi connectivity index (χ4n) is 6.07. The van der Waals surface area contributed by atoms with E-state index < -0.39 is 11.0 Å². The molecule has 178 valence electrons. The molecule has 4 heteroatoms. The second-order valence-corrected chi connectivity index (χ2v) is 10.5. The second-order valence-electron chi connectivity index (χ2n) is 10.5. The molecule has 1 fully saturated rings. The largest absolute Gasteiger partial charge is 0.324 e. The van der Waals surface area contributed by atoms with Crippen LogP contribution >= 0.6 is 0 Å². The van der Waals surface area contributed by atoms with Gasteiger partial charge in [-0.3, -0.25) is 0 Å². The Kier molecular flexibility index (Phi) is 7.64. The topological polar surface area (TPSA) is 49.8 Å². The van der Waals surface area contributed by atoms with Crippen molar-refractivity contribution in [3.05, 3.63) is 70.3 Å². The molecule has 2 aliphatic carbocycles. The minimum Gasteiger partial charge on any atom is -0.324 e. The van der Waals surface area contributed by atoms with E-state index in [1.54, 1.807) is 0 Å². The summed E-state index contributed by atoms with van der Waals surface area (Å²) in [5.41, 5.74) is 9.29. The highest BCUT2D eigenvalue weighted by Crippen LogP contribution is 2.56. The summed E-state index contributed by atoms with van der Waals surface area (Å²) in [7, 11) is 0. The molecule has 2 aromatic rings. The van der Waals surface area contributed by atoms with E-state index in [1.807, 2.05) is 6.92 Å². The van der Waals surface area contributed by atoms with E-state index in [-0.39, 0.29) is 17.6 Å². The van der Waals surface area contributed by atoms with Crippen molar-refractivity contribution in [2.75, 3.05) is 0 Å². The Morgan fingerprint density at radius 2 is 1.76 bits per heavy atom. The normalized spacial score (nSPS) is 29.1. The van der Waals surface area contributed by atoms with Gasteiger partial charge < -0.3 is 5.73 Å². The molecule has 5 unspecified atom stereocenters. The van der Waals surface area contributed by atoms with E-state index in [1.165, 1.54) is 29.7 Å². The molecule has 5 atom stereocenters. The fraction of sp³-hybridized carbons (Fsp3) is 0.552. The van der Waals surface area contributed by atoms with E-state index in [9.17, 15) is 14.0 Å². The minimum absolute atomic E-state index is 0.0204. The summed E-state index contributed by atoms with van der Waals surface area (Å²) in [6.45, 7) is 10.7. The van der Waals surface area contributed by atoms with Crippen molar-refractivity contribution in [2.45, 2.75) is 90.0 Å². The zero-order valence-corrected chi connectivity index (χ0v) is 20.7.